The maximum atomic E-state index is 14.4. The summed E-state index contributed by atoms with van der Waals surface area (Å²) in [6.45, 7) is 2.65. The maximum absolute atomic E-state index is 14.4. The molecule has 4 N–H and O–H groups in total. The summed E-state index contributed by atoms with van der Waals surface area (Å²) in [5.41, 5.74) is -0.127. The Morgan fingerprint density at radius 3 is 1.90 bits per heavy atom. The predicted molar refractivity (Wildman–Crippen MR) is 169 cm³/mol. The highest BCUT2D eigenvalue weighted by Crippen LogP contribution is 2.48. The molecule has 1 aliphatic rings. The van der Waals surface area contributed by atoms with Crippen molar-refractivity contribution in [3.63, 3.8) is 0 Å². The number of hydrogen-bond donors (Lipinski definition) is 4. The van der Waals surface area contributed by atoms with Gasteiger partial charge in [0.05, 0.1) is 16.2 Å². The molecule has 2 heterocycles. The summed E-state index contributed by atoms with van der Waals surface area (Å²) in [4.78, 5) is 77.1. The molecule has 0 radical (unpaired) electrons. The zero-order valence-corrected chi connectivity index (χ0v) is 28.7. The van der Waals surface area contributed by atoms with Crippen molar-refractivity contribution in [1.82, 2.24) is 30.6 Å². The Labute approximate surface area is 295 Å². The second kappa shape index (κ2) is 17.7. The summed E-state index contributed by atoms with van der Waals surface area (Å²) in [5.74, 6) is -8.24. The van der Waals surface area contributed by atoms with Crippen LogP contribution < -0.4 is 20.1 Å². The van der Waals surface area contributed by atoms with Crippen molar-refractivity contribution in [1.29, 1.82) is 0 Å². The molecule has 22 heteroatoms. The number of nitrogens with zero attached hydrogens (tertiary/aromatic N) is 4. The fourth-order valence-corrected chi connectivity index (χ4v) is 7.96. The van der Waals surface area contributed by atoms with Gasteiger partial charge in [0.1, 0.15) is 23.7 Å². The van der Waals surface area contributed by atoms with E-state index in [2.05, 4.69) is 40.0 Å². The van der Waals surface area contributed by atoms with Crippen molar-refractivity contribution in [2.24, 2.45) is 11.8 Å². The third-order valence-electron chi connectivity index (χ3n) is 7.07. The van der Waals surface area contributed by atoms with E-state index in [0.29, 0.717) is 13.3 Å². The number of carboxylic acids is 2. The quantitative estimate of drug-likeness (QED) is 0.169. The molecule has 280 valence electrons. The molecule has 0 aliphatic heterocycles. The molecule has 51 heavy (non-hydrogen) atoms. The number of carbonyl (C=O) groups is 5. The van der Waals surface area contributed by atoms with Gasteiger partial charge in [-0.1, -0.05) is 6.42 Å². The smallest absolute Gasteiger partial charge is 0.480 e. The molecule has 0 saturated heterocycles. The first-order valence-corrected chi connectivity index (χ1v) is 17.1. The number of halogens is 5. The van der Waals surface area contributed by atoms with Gasteiger partial charge in [-0.05, 0) is 18.9 Å². The first-order valence-electron chi connectivity index (χ1n) is 15.0. The highest BCUT2D eigenvalue weighted by molar-refractivity contribution is 7.99. The normalized spacial score (nSPS) is 18.9. The Bertz CT molecular complexity index is 1470. The predicted octanol–water partition coefficient (Wildman–Crippen LogP) is 3.57. The Morgan fingerprint density at radius 1 is 0.863 bits per heavy atom. The van der Waals surface area contributed by atoms with Gasteiger partial charge < -0.3 is 30.3 Å². The molecule has 2 aromatic heterocycles. The lowest BCUT2D eigenvalue weighted by Crippen LogP contribution is -2.42. The van der Waals surface area contributed by atoms with E-state index < -0.39 is 88.3 Å². The first-order chi connectivity index (χ1) is 23.7. The Kier molecular flexibility index (Phi) is 14.3. The average molecular weight is 769 g/mol. The van der Waals surface area contributed by atoms with Crippen LogP contribution in [0.1, 0.15) is 62.1 Å². The van der Waals surface area contributed by atoms with E-state index in [4.69, 9.17) is 0 Å². The van der Waals surface area contributed by atoms with Crippen LogP contribution in [0.3, 0.4) is 0 Å². The number of Topliss-reactive ketones (excluding diaryl/α,β-unsaturated/α-hetero) is 1. The number of ether oxygens (including phenoxy) is 2. The van der Waals surface area contributed by atoms with Crippen LogP contribution in [0.5, 0.6) is 11.9 Å². The van der Waals surface area contributed by atoms with Crippen molar-refractivity contribution in [2.75, 3.05) is 11.5 Å². The Balaban J connectivity index is 2.07. The fraction of sp³-hybridized carbons (Fsp3) is 0.552. The highest BCUT2D eigenvalue weighted by atomic mass is 32.2. The van der Waals surface area contributed by atoms with Crippen LogP contribution in [0.2, 0.25) is 0 Å². The third kappa shape index (κ3) is 13.1. The molecular formula is C29H33F5N6O9S2. The number of carbonyl (C=O) groups excluding carboxylic acids is 3. The van der Waals surface area contributed by atoms with Crippen molar-refractivity contribution < 1.29 is 65.6 Å². The zero-order chi connectivity index (χ0) is 38.1. The lowest BCUT2D eigenvalue weighted by molar-refractivity contribution is -0.277. The van der Waals surface area contributed by atoms with Gasteiger partial charge in [-0.2, -0.15) is 18.7 Å². The van der Waals surface area contributed by atoms with Crippen LogP contribution in [0.15, 0.2) is 24.5 Å². The Morgan fingerprint density at radius 2 is 1.39 bits per heavy atom. The van der Waals surface area contributed by atoms with Gasteiger partial charge in [0.15, 0.2) is 0 Å². The molecule has 3 rings (SSSR count). The topological polar surface area (TPSA) is 220 Å². The second-order valence-electron chi connectivity index (χ2n) is 11.2. The monoisotopic (exact) mass is 768 g/mol. The van der Waals surface area contributed by atoms with Crippen LogP contribution in [-0.2, 0) is 24.0 Å². The lowest BCUT2D eigenvalue weighted by atomic mass is 9.76. The summed E-state index contributed by atoms with van der Waals surface area (Å²) >= 11 is 1.68. The number of aromatic nitrogens is 4. The average Bonchev–Trinajstić information content (AvgIpc) is 2.99. The highest BCUT2D eigenvalue weighted by Gasteiger charge is 2.44. The van der Waals surface area contributed by atoms with Gasteiger partial charge in [-0.3, -0.25) is 14.4 Å². The Hall–Kier alpha value is -4.34. The summed E-state index contributed by atoms with van der Waals surface area (Å²) in [6.07, 6.45) is -6.17. The molecule has 6 unspecified atom stereocenters. The number of carboxylic acid groups (broad SMARTS) is 2. The zero-order valence-electron chi connectivity index (χ0n) is 27.1. The standard InChI is InChI=1S/C29H33F5N6O9S2/c1-13(41)37-18(25(44)45)11-50-22(17-7-9-36-27(39-17)49-29(32,33)34)15-5-4-6-16(21(15)43)23(51-12-19(26(46)47)38-14(2)42)24-35-10-8-20(40-24)48-28(3,30)31/h7-10,15-16,18-19,22-23H,4-6,11-12H2,1-3H3,(H,37,41)(H,38,42)(H,44,45)(H,46,47). The van der Waals surface area contributed by atoms with Crippen molar-refractivity contribution >= 4 is 53.1 Å². The lowest BCUT2D eigenvalue weighted by Gasteiger charge is -2.36. The van der Waals surface area contributed by atoms with E-state index in [1.54, 1.807) is 0 Å². The molecule has 0 aromatic carbocycles. The molecular weight excluding hydrogens is 735 g/mol. The second-order valence-corrected chi connectivity index (χ2v) is 13.6. The van der Waals surface area contributed by atoms with Crippen LogP contribution in [0.4, 0.5) is 22.0 Å². The van der Waals surface area contributed by atoms with Crippen LogP contribution in [-0.4, -0.2) is 95.7 Å². The minimum absolute atomic E-state index is 0.127. The fourth-order valence-electron chi connectivity index (χ4n) is 5.14. The number of rotatable bonds is 17. The van der Waals surface area contributed by atoms with Crippen LogP contribution in [0.25, 0.3) is 0 Å². The molecule has 2 aromatic rings. The van der Waals surface area contributed by atoms with Crippen LogP contribution >= 0.6 is 23.5 Å². The first kappa shape index (κ1) is 41.1. The molecule has 0 bridgehead atoms. The molecule has 2 amide bonds. The number of nitrogens with one attached hydrogen (secondary N) is 2. The number of alkyl halides is 5. The minimum Gasteiger partial charge on any atom is -0.480 e. The van der Waals surface area contributed by atoms with Gasteiger partial charge in [0.2, 0.25) is 17.7 Å². The van der Waals surface area contributed by atoms with E-state index in [1.165, 1.54) is 6.07 Å². The summed E-state index contributed by atoms with van der Waals surface area (Å²) < 4.78 is 74.9. The maximum Gasteiger partial charge on any atom is 0.575 e. The summed E-state index contributed by atoms with van der Waals surface area (Å²) in [5, 5.41) is 21.6. The van der Waals surface area contributed by atoms with E-state index >= 15 is 0 Å². The number of thioether (sulfide) groups is 2. The van der Waals surface area contributed by atoms with Crippen LogP contribution in [0, 0.1) is 11.8 Å². The van der Waals surface area contributed by atoms with E-state index in [-0.39, 0.29) is 35.9 Å². The molecule has 1 saturated carbocycles. The van der Waals surface area contributed by atoms with Gasteiger partial charge in [0, 0.05) is 62.6 Å². The SMILES string of the molecule is CC(=O)NC(CSC(c1ccnc(OC(F)(F)F)n1)C1CCCC(C(SCC(NC(C)=O)C(=O)O)c2nccc(OC(C)(F)F)n2)C1=O)C(=O)O. The molecule has 15 nitrogen and oxygen atoms in total. The van der Waals surface area contributed by atoms with E-state index in [9.17, 15) is 56.1 Å². The van der Waals surface area contributed by atoms with E-state index in [0.717, 1.165) is 55.8 Å². The van der Waals surface area contributed by atoms with Gasteiger partial charge >= 0.3 is 30.4 Å². The minimum atomic E-state index is -5.16. The van der Waals surface area contributed by atoms with Crippen molar-refractivity contribution in [3.8, 4) is 11.9 Å². The molecule has 0 spiro atoms. The van der Waals surface area contributed by atoms with Crippen molar-refractivity contribution in [2.45, 2.75) is 75.1 Å². The number of hydrogen-bond acceptors (Lipinski definition) is 13. The van der Waals surface area contributed by atoms with Crippen molar-refractivity contribution in [3.05, 3.63) is 36.0 Å². The molecule has 6 atom stereocenters. The van der Waals surface area contributed by atoms with E-state index in [1.807, 2.05) is 0 Å². The number of aliphatic carboxylic acids is 2. The number of amides is 2. The summed E-state index contributed by atoms with van der Waals surface area (Å²) in [6, 6.07) is -1.73. The molecule has 1 aliphatic carbocycles. The number of ketones is 1. The largest absolute Gasteiger partial charge is 0.575 e. The van der Waals surface area contributed by atoms with Gasteiger partial charge in [-0.25, -0.2) is 19.6 Å². The van der Waals surface area contributed by atoms with Gasteiger partial charge in [-0.15, -0.1) is 36.7 Å². The molecule has 1 fully saturated rings. The third-order valence-corrected chi connectivity index (χ3v) is 9.95. The van der Waals surface area contributed by atoms with Gasteiger partial charge in [0.25, 0.3) is 0 Å². The summed E-state index contributed by atoms with van der Waals surface area (Å²) in [7, 11) is 0.